The number of anilines is 1. The van der Waals surface area contributed by atoms with Crippen molar-refractivity contribution < 1.29 is 13.2 Å². The smallest absolute Gasteiger partial charge is 0.372 e. The van der Waals surface area contributed by atoms with E-state index in [1.54, 1.807) is 24.1 Å². The second-order valence-electron chi connectivity index (χ2n) is 4.83. The summed E-state index contributed by atoms with van der Waals surface area (Å²) in [4.78, 5) is 1.64. The summed E-state index contributed by atoms with van der Waals surface area (Å²) in [7, 11) is 1.68. The molecule has 0 heterocycles. The van der Waals surface area contributed by atoms with Gasteiger partial charge in [0, 0.05) is 25.3 Å². The maximum Gasteiger partial charge on any atom is 0.418 e. The normalized spacial score (nSPS) is 12.0. The molecule has 1 aromatic carbocycles. The zero-order valence-electron chi connectivity index (χ0n) is 11.8. The molecule has 19 heavy (non-hydrogen) atoms. The van der Waals surface area contributed by atoms with Gasteiger partial charge in [0.25, 0.3) is 0 Å². The van der Waals surface area contributed by atoms with Gasteiger partial charge in [0.15, 0.2) is 0 Å². The second kappa shape index (κ2) is 6.28. The number of nitrogens with zero attached hydrogens (tertiary/aromatic N) is 1. The van der Waals surface area contributed by atoms with Crippen LogP contribution in [0.5, 0.6) is 0 Å². The molecule has 1 N–H and O–H groups in total. The average molecular weight is 274 g/mol. The zero-order chi connectivity index (χ0) is 14.6. The molecule has 0 atom stereocenters. The van der Waals surface area contributed by atoms with Gasteiger partial charge in [-0.2, -0.15) is 13.2 Å². The van der Waals surface area contributed by atoms with E-state index in [0.29, 0.717) is 12.1 Å². The first kappa shape index (κ1) is 15.8. The summed E-state index contributed by atoms with van der Waals surface area (Å²) in [6.45, 7) is 6.84. The third kappa shape index (κ3) is 4.13. The van der Waals surface area contributed by atoms with Gasteiger partial charge in [-0.15, -0.1) is 0 Å². The molecule has 5 heteroatoms. The summed E-state index contributed by atoms with van der Waals surface area (Å²) in [5.41, 5.74) is 0.303. The van der Waals surface area contributed by atoms with Gasteiger partial charge in [-0.3, -0.25) is 0 Å². The van der Waals surface area contributed by atoms with Crippen LogP contribution in [0.2, 0.25) is 0 Å². The van der Waals surface area contributed by atoms with Crippen molar-refractivity contribution in [3.63, 3.8) is 0 Å². The first-order chi connectivity index (χ1) is 8.77. The third-order valence-corrected chi connectivity index (χ3v) is 3.10. The quantitative estimate of drug-likeness (QED) is 0.881. The lowest BCUT2D eigenvalue weighted by Gasteiger charge is -2.27. The molecule has 0 unspecified atom stereocenters. The molecule has 0 spiro atoms. The zero-order valence-corrected chi connectivity index (χ0v) is 11.8. The lowest BCUT2D eigenvalue weighted by Crippen LogP contribution is -2.28. The fourth-order valence-electron chi connectivity index (χ4n) is 1.78. The minimum atomic E-state index is -4.33. The molecule has 0 saturated carbocycles. The predicted molar refractivity (Wildman–Crippen MR) is 72.4 cm³/mol. The average Bonchev–Trinajstić information content (AvgIpc) is 2.34. The Bertz CT molecular complexity index is 414. The van der Waals surface area contributed by atoms with E-state index >= 15 is 0 Å². The Morgan fingerprint density at radius 2 is 1.89 bits per heavy atom. The molecule has 0 aliphatic carbocycles. The Hall–Kier alpha value is -1.23. The van der Waals surface area contributed by atoms with Crippen LogP contribution < -0.4 is 10.2 Å². The molecule has 0 aliphatic rings. The Kier molecular flexibility index (Phi) is 5.23. The number of rotatable bonds is 5. The molecule has 0 bridgehead atoms. The number of alkyl halides is 3. The molecule has 1 aromatic rings. The van der Waals surface area contributed by atoms with E-state index in [0.717, 1.165) is 6.54 Å². The molecule has 1 rings (SSSR count). The van der Waals surface area contributed by atoms with Crippen molar-refractivity contribution in [2.45, 2.75) is 39.5 Å². The number of nitrogens with one attached hydrogen (secondary N) is 1. The minimum absolute atomic E-state index is 0.0146. The predicted octanol–water partition coefficient (Wildman–Crippen LogP) is 3.66. The monoisotopic (exact) mass is 274 g/mol. The molecule has 0 aliphatic heterocycles. The van der Waals surface area contributed by atoms with Crippen LogP contribution in [0.25, 0.3) is 0 Å². The van der Waals surface area contributed by atoms with Crippen molar-refractivity contribution in [2.24, 2.45) is 0 Å². The fourth-order valence-corrected chi connectivity index (χ4v) is 1.78. The van der Waals surface area contributed by atoms with E-state index in [-0.39, 0.29) is 11.7 Å². The highest BCUT2D eigenvalue weighted by Gasteiger charge is 2.34. The van der Waals surface area contributed by atoms with E-state index in [1.807, 2.05) is 20.8 Å². The summed E-state index contributed by atoms with van der Waals surface area (Å²) >= 11 is 0. The topological polar surface area (TPSA) is 15.3 Å². The van der Waals surface area contributed by atoms with Gasteiger partial charge in [-0.25, -0.2) is 0 Å². The van der Waals surface area contributed by atoms with Crippen molar-refractivity contribution in [1.29, 1.82) is 0 Å². The molecule has 0 amide bonds. The first-order valence-electron chi connectivity index (χ1n) is 6.41. The van der Waals surface area contributed by atoms with E-state index in [9.17, 15) is 13.2 Å². The summed E-state index contributed by atoms with van der Waals surface area (Å²) in [5.74, 6) is 0. The third-order valence-electron chi connectivity index (χ3n) is 3.10. The van der Waals surface area contributed by atoms with E-state index in [2.05, 4.69) is 5.32 Å². The number of halogens is 3. The van der Waals surface area contributed by atoms with Crippen LogP contribution in [-0.4, -0.2) is 19.6 Å². The lowest BCUT2D eigenvalue weighted by atomic mass is 10.1. The maximum atomic E-state index is 13.1. The molecule has 0 saturated heterocycles. The number of hydrogen-bond donors (Lipinski definition) is 1. The van der Waals surface area contributed by atoms with Gasteiger partial charge in [-0.1, -0.05) is 13.0 Å². The van der Waals surface area contributed by atoms with Gasteiger partial charge >= 0.3 is 6.18 Å². The van der Waals surface area contributed by atoms with Crippen molar-refractivity contribution in [2.75, 3.05) is 18.5 Å². The second-order valence-corrected chi connectivity index (χ2v) is 4.83. The van der Waals surface area contributed by atoms with Gasteiger partial charge < -0.3 is 10.2 Å². The Morgan fingerprint density at radius 3 is 2.37 bits per heavy atom. The van der Waals surface area contributed by atoms with Crippen molar-refractivity contribution in [1.82, 2.24) is 5.32 Å². The van der Waals surface area contributed by atoms with Gasteiger partial charge in [0.05, 0.1) is 5.56 Å². The Labute approximate surface area is 112 Å². The number of hydrogen-bond acceptors (Lipinski definition) is 2. The van der Waals surface area contributed by atoms with Crippen LogP contribution in [-0.2, 0) is 12.7 Å². The van der Waals surface area contributed by atoms with Gasteiger partial charge in [-0.05, 0) is 38.1 Å². The van der Waals surface area contributed by atoms with Crippen LogP contribution in [0.4, 0.5) is 18.9 Å². The SMILES string of the molecule is CCNCc1ccc(N(C)C(C)C)c(C(F)(F)F)c1. The lowest BCUT2D eigenvalue weighted by molar-refractivity contribution is -0.137. The highest BCUT2D eigenvalue weighted by Crippen LogP contribution is 2.37. The molecule has 2 nitrogen and oxygen atoms in total. The van der Waals surface area contributed by atoms with Crippen LogP contribution in [0, 0.1) is 0 Å². The van der Waals surface area contributed by atoms with Gasteiger partial charge in [0.2, 0.25) is 0 Å². The molecule has 0 aromatic heterocycles. The summed E-state index contributed by atoms with van der Waals surface area (Å²) in [6.07, 6.45) is -4.33. The fraction of sp³-hybridized carbons (Fsp3) is 0.571. The highest BCUT2D eigenvalue weighted by molar-refractivity contribution is 5.56. The van der Waals surface area contributed by atoms with Crippen LogP contribution in [0.15, 0.2) is 18.2 Å². The molecular weight excluding hydrogens is 253 g/mol. The molecule has 108 valence electrons. The Morgan fingerprint density at radius 1 is 1.26 bits per heavy atom. The summed E-state index contributed by atoms with van der Waals surface area (Å²) in [5, 5.41) is 3.03. The van der Waals surface area contributed by atoms with Crippen molar-refractivity contribution >= 4 is 5.69 Å². The van der Waals surface area contributed by atoms with Crippen LogP contribution >= 0.6 is 0 Å². The first-order valence-corrected chi connectivity index (χ1v) is 6.41. The van der Waals surface area contributed by atoms with E-state index < -0.39 is 11.7 Å². The van der Waals surface area contributed by atoms with E-state index in [1.165, 1.54) is 6.07 Å². The van der Waals surface area contributed by atoms with Crippen molar-refractivity contribution in [3.05, 3.63) is 29.3 Å². The number of benzene rings is 1. The van der Waals surface area contributed by atoms with E-state index in [4.69, 9.17) is 0 Å². The summed E-state index contributed by atoms with van der Waals surface area (Å²) < 4.78 is 39.4. The molecular formula is C14H21F3N2. The highest BCUT2D eigenvalue weighted by atomic mass is 19.4. The standard InChI is InChI=1S/C14H21F3N2/c1-5-18-9-11-6-7-13(19(4)10(2)3)12(8-11)14(15,16)17/h6-8,10,18H,5,9H2,1-4H3. The molecule has 0 radical (unpaired) electrons. The van der Waals surface area contributed by atoms with Crippen LogP contribution in [0.3, 0.4) is 0 Å². The maximum absolute atomic E-state index is 13.1. The van der Waals surface area contributed by atoms with Crippen LogP contribution in [0.1, 0.15) is 31.9 Å². The summed E-state index contributed by atoms with van der Waals surface area (Å²) in [6, 6.07) is 4.54. The van der Waals surface area contributed by atoms with Crippen molar-refractivity contribution in [3.8, 4) is 0 Å². The molecule has 0 fully saturated rings. The van der Waals surface area contributed by atoms with Gasteiger partial charge in [0.1, 0.15) is 0 Å². The Balaban J connectivity index is 3.17. The minimum Gasteiger partial charge on any atom is -0.372 e. The largest absolute Gasteiger partial charge is 0.418 e.